The van der Waals surface area contributed by atoms with E-state index in [9.17, 15) is 9.18 Å². The van der Waals surface area contributed by atoms with Gasteiger partial charge < -0.3 is 15.3 Å². The lowest BCUT2D eigenvalue weighted by molar-refractivity contribution is -0.136. The summed E-state index contributed by atoms with van der Waals surface area (Å²) in [6.07, 6.45) is 5.86. The van der Waals surface area contributed by atoms with E-state index in [0.717, 1.165) is 38.2 Å². The van der Waals surface area contributed by atoms with Crippen molar-refractivity contribution >= 4 is 11.7 Å². The van der Waals surface area contributed by atoms with Gasteiger partial charge >= 0.3 is 5.97 Å². The lowest BCUT2D eigenvalue weighted by atomic mass is 9.83. The highest BCUT2D eigenvalue weighted by atomic mass is 19.1. The lowest BCUT2D eigenvalue weighted by Gasteiger charge is -2.39. The van der Waals surface area contributed by atoms with Gasteiger partial charge in [-0.05, 0) is 67.0 Å². The molecule has 0 amide bonds. The van der Waals surface area contributed by atoms with E-state index in [1.54, 1.807) is 6.07 Å². The molecule has 32 heavy (non-hydrogen) atoms. The second-order valence-electron chi connectivity index (χ2n) is 8.79. The highest BCUT2D eigenvalue weighted by molar-refractivity contribution is 5.67. The standard InChI is InChI=1S/C27H31FN2O2/c1-19-23(17-29-24-13-11-21(25(28)16-24)12-14-26(31)32)10-9-22-8-5-15-30(27(19)22)18-20-6-3-2-4-7-20/h2-4,6-7,9,11,13,16,23,29H,5,8,10,12,14-15,17-18H2,1H3,(H,31,32). The van der Waals surface area contributed by atoms with Gasteiger partial charge in [0.25, 0.3) is 0 Å². The number of aliphatic carboxylic acids is 1. The molecule has 1 heterocycles. The molecule has 4 rings (SSSR count). The van der Waals surface area contributed by atoms with E-state index in [1.165, 1.54) is 34.9 Å². The summed E-state index contributed by atoms with van der Waals surface area (Å²) in [5, 5.41) is 12.2. The summed E-state index contributed by atoms with van der Waals surface area (Å²) in [6, 6.07) is 15.6. The Morgan fingerprint density at radius 3 is 2.78 bits per heavy atom. The first kappa shape index (κ1) is 22.1. The molecule has 2 aromatic rings. The number of allylic oxidation sites excluding steroid dienone is 2. The third-order valence-corrected chi connectivity index (χ3v) is 6.56. The van der Waals surface area contributed by atoms with E-state index in [-0.39, 0.29) is 18.7 Å². The Morgan fingerprint density at radius 1 is 1.22 bits per heavy atom. The number of fused-ring (bicyclic) bond motifs is 1. The van der Waals surface area contributed by atoms with Crippen LogP contribution in [-0.2, 0) is 17.8 Å². The lowest BCUT2D eigenvalue weighted by Crippen LogP contribution is -2.33. The third-order valence-electron chi connectivity index (χ3n) is 6.56. The third kappa shape index (κ3) is 5.21. The van der Waals surface area contributed by atoms with Gasteiger partial charge in [0, 0.05) is 43.4 Å². The maximum atomic E-state index is 14.4. The molecule has 0 radical (unpaired) electrons. The average molecular weight is 435 g/mol. The summed E-state index contributed by atoms with van der Waals surface area (Å²) in [5.41, 5.74) is 6.78. The number of piperidine rings is 1. The fraction of sp³-hybridized carbons (Fsp3) is 0.370. The number of nitrogens with one attached hydrogen (secondary N) is 1. The SMILES string of the molecule is CC1=C2C(=CCC1CNc1ccc(CCC(=O)O)c(F)c1)CCCN2Cc1ccccc1. The van der Waals surface area contributed by atoms with Crippen molar-refractivity contribution in [1.82, 2.24) is 4.90 Å². The Morgan fingerprint density at radius 2 is 2.03 bits per heavy atom. The Bertz CT molecular complexity index is 1030. The molecule has 2 N–H and O–H groups in total. The normalized spacial score (nSPS) is 18.2. The van der Waals surface area contributed by atoms with Crippen LogP contribution in [0.15, 0.2) is 71.5 Å². The van der Waals surface area contributed by atoms with Gasteiger partial charge in [0.2, 0.25) is 0 Å². The number of carboxylic acids is 1. The molecule has 1 atom stereocenters. The molecule has 0 aromatic heterocycles. The van der Waals surface area contributed by atoms with Crippen molar-refractivity contribution in [3.8, 4) is 0 Å². The summed E-state index contributed by atoms with van der Waals surface area (Å²) < 4.78 is 14.4. The Hall–Kier alpha value is -3.08. The number of rotatable bonds is 8. The van der Waals surface area contributed by atoms with E-state index in [1.807, 2.05) is 6.07 Å². The zero-order chi connectivity index (χ0) is 22.5. The van der Waals surface area contributed by atoms with Crippen molar-refractivity contribution in [3.05, 3.63) is 88.4 Å². The molecule has 1 saturated heterocycles. The number of anilines is 1. The van der Waals surface area contributed by atoms with Crippen LogP contribution in [0.2, 0.25) is 0 Å². The summed E-state index contributed by atoms with van der Waals surface area (Å²) in [7, 11) is 0. The minimum absolute atomic E-state index is 0.0628. The minimum atomic E-state index is -0.913. The molecule has 168 valence electrons. The molecule has 0 saturated carbocycles. The zero-order valence-corrected chi connectivity index (χ0v) is 18.6. The first-order chi connectivity index (χ1) is 15.5. The van der Waals surface area contributed by atoms with Gasteiger partial charge in [-0.3, -0.25) is 4.79 Å². The van der Waals surface area contributed by atoms with E-state index in [4.69, 9.17) is 5.11 Å². The molecule has 0 bridgehead atoms. The number of hydrogen-bond donors (Lipinski definition) is 2. The van der Waals surface area contributed by atoms with E-state index in [0.29, 0.717) is 11.5 Å². The van der Waals surface area contributed by atoms with Gasteiger partial charge in [-0.25, -0.2) is 4.39 Å². The van der Waals surface area contributed by atoms with Crippen molar-refractivity contribution in [2.75, 3.05) is 18.4 Å². The molecule has 0 spiro atoms. The summed E-state index contributed by atoms with van der Waals surface area (Å²) in [6.45, 7) is 4.98. The Labute approximate surface area is 189 Å². The molecular weight excluding hydrogens is 403 g/mol. The van der Waals surface area contributed by atoms with Crippen LogP contribution < -0.4 is 5.32 Å². The van der Waals surface area contributed by atoms with E-state index < -0.39 is 5.97 Å². The molecule has 5 heteroatoms. The van der Waals surface area contributed by atoms with Crippen molar-refractivity contribution in [3.63, 3.8) is 0 Å². The summed E-state index contributed by atoms with van der Waals surface area (Å²) in [5.74, 6) is -0.901. The molecular formula is C27H31FN2O2. The van der Waals surface area contributed by atoms with Crippen LogP contribution in [-0.4, -0.2) is 29.1 Å². The van der Waals surface area contributed by atoms with Gasteiger partial charge in [0.15, 0.2) is 0 Å². The fourth-order valence-electron chi connectivity index (χ4n) is 4.79. The number of carboxylic acid groups (broad SMARTS) is 1. The smallest absolute Gasteiger partial charge is 0.303 e. The minimum Gasteiger partial charge on any atom is -0.481 e. The number of carbonyl (C=O) groups is 1. The van der Waals surface area contributed by atoms with Crippen LogP contribution in [0.5, 0.6) is 0 Å². The molecule has 4 nitrogen and oxygen atoms in total. The van der Waals surface area contributed by atoms with Gasteiger partial charge in [0.05, 0.1) is 0 Å². The number of likely N-dealkylation sites (tertiary alicyclic amines) is 1. The first-order valence-electron chi connectivity index (χ1n) is 11.4. The Balaban J connectivity index is 1.44. The second-order valence-corrected chi connectivity index (χ2v) is 8.79. The number of nitrogens with zero attached hydrogens (tertiary/aromatic N) is 1. The molecule has 1 unspecified atom stereocenters. The largest absolute Gasteiger partial charge is 0.481 e. The second kappa shape index (κ2) is 10.0. The quantitative estimate of drug-likeness (QED) is 0.554. The first-order valence-corrected chi connectivity index (χ1v) is 11.4. The highest BCUT2D eigenvalue weighted by Crippen LogP contribution is 2.38. The zero-order valence-electron chi connectivity index (χ0n) is 18.6. The monoisotopic (exact) mass is 434 g/mol. The predicted octanol–water partition coefficient (Wildman–Crippen LogP) is 5.77. The van der Waals surface area contributed by atoms with Gasteiger partial charge in [-0.2, -0.15) is 0 Å². The average Bonchev–Trinajstić information content (AvgIpc) is 2.78. The van der Waals surface area contributed by atoms with Crippen LogP contribution in [0, 0.1) is 11.7 Å². The highest BCUT2D eigenvalue weighted by Gasteiger charge is 2.28. The number of halogens is 1. The van der Waals surface area contributed by atoms with Crippen molar-refractivity contribution in [1.29, 1.82) is 0 Å². The van der Waals surface area contributed by atoms with Crippen molar-refractivity contribution in [2.45, 2.75) is 45.6 Å². The molecule has 1 aliphatic carbocycles. The molecule has 2 aliphatic rings. The van der Waals surface area contributed by atoms with E-state index in [2.05, 4.69) is 53.5 Å². The fourth-order valence-corrected chi connectivity index (χ4v) is 4.79. The van der Waals surface area contributed by atoms with Crippen LogP contribution >= 0.6 is 0 Å². The number of benzene rings is 2. The van der Waals surface area contributed by atoms with Gasteiger partial charge in [-0.1, -0.05) is 42.5 Å². The Kier molecular flexibility index (Phi) is 6.93. The van der Waals surface area contributed by atoms with Gasteiger partial charge in [0.1, 0.15) is 5.82 Å². The van der Waals surface area contributed by atoms with Crippen LogP contribution in [0.25, 0.3) is 0 Å². The summed E-state index contributed by atoms with van der Waals surface area (Å²) in [4.78, 5) is 13.3. The molecule has 1 fully saturated rings. The number of aryl methyl sites for hydroxylation is 1. The maximum absolute atomic E-state index is 14.4. The van der Waals surface area contributed by atoms with E-state index >= 15 is 0 Å². The number of hydrogen-bond acceptors (Lipinski definition) is 3. The van der Waals surface area contributed by atoms with Gasteiger partial charge in [-0.15, -0.1) is 0 Å². The van der Waals surface area contributed by atoms with Crippen LogP contribution in [0.4, 0.5) is 10.1 Å². The predicted molar refractivity (Wildman–Crippen MR) is 126 cm³/mol. The van der Waals surface area contributed by atoms with Crippen LogP contribution in [0.3, 0.4) is 0 Å². The maximum Gasteiger partial charge on any atom is 0.303 e. The van der Waals surface area contributed by atoms with Crippen molar-refractivity contribution in [2.24, 2.45) is 5.92 Å². The van der Waals surface area contributed by atoms with Crippen LogP contribution in [0.1, 0.15) is 43.7 Å². The topological polar surface area (TPSA) is 52.6 Å². The van der Waals surface area contributed by atoms with Crippen molar-refractivity contribution < 1.29 is 14.3 Å². The molecule has 1 aliphatic heterocycles. The molecule has 2 aromatic carbocycles. The summed E-state index contributed by atoms with van der Waals surface area (Å²) >= 11 is 0.